The minimum Gasteiger partial charge on any atom is -0.475 e. The van der Waals surface area contributed by atoms with Crippen LogP contribution in [0.5, 0.6) is 0 Å². The van der Waals surface area contributed by atoms with Gasteiger partial charge in [-0.3, -0.25) is 0 Å². The number of halogens is 3. The zero-order valence-corrected chi connectivity index (χ0v) is 11.9. The topological polar surface area (TPSA) is 78.6 Å². The monoisotopic (exact) mass is 329 g/mol. The van der Waals surface area contributed by atoms with Gasteiger partial charge in [-0.2, -0.15) is 13.2 Å². The van der Waals surface area contributed by atoms with E-state index in [1.54, 1.807) is 0 Å². The van der Waals surface area contributed by atoms with Crippen molar-refractivity contribution in [3.05, 3.63) is 24.3 Å². The van der Waals surface area contributed by atoms with Crippen LogP contribution in [-0.4, -0.2) is 48.6 Å². The molecule has 9 heteroatoms. The first-order valence-electron chi connectivity index (χ1n) is 6.91. The zero-order chi connectivity index (χ0) is 16.7. The Labute approximate surface area is 128 Å². The minimum atomic E-state index is -5.08. The molecule has 2 aromatic rings. The molecular formula is C14H14F3N3O3. The molecule has 0 saturated carbocycles. The number of carboxylic acid groups (broad SMARTS) is 1. The maximum absolute atomic E-state index is 10.6. The number of rotatable bonds is 1. The lowest BCUT2D eigenvalue weighted by Crippen LogP contribution is -2.71. The van der Waals surface area contributed by atoms with Crippen molar-refractivity contribution >= 4 is 22.8 Å². The Balaban J connectivity index is 0.000000193. The molecule has 2 aliphatic rings. The van der Waals surface area contributed by atoms with Crippen LogP contribution in [0.25, 0.3) is 11.0 Å². The van der Waals surface area contributed by atoms with Crippen LogP contribution in [-0.2, 0) is 4.79 Å². The Morgan fingerprint density at radius 3 is 2.43 bits per heavy atom. The number of nitrogens with zero attached hydrogens (tertiary/aromatic N) is 2. The van der Waals surface area contributed by atoms with Crippen LogP contribution < -0.4 is 10.2 Å². The maximum atomic E-state index is 10.6. The highest BCUT2D eigenvalue weighted by atomic mass is 19.4. The Hall–Kier alpha value is -2.29. The van der Waals surface area contributed by atoms with Crippen molar-refractivity contribution in [2.24, 2.45) is 5.41 Å². The summed E-state index contributed by atoms with van der Waals surface area (Å²) < 4.78 is 37.1. The molecule has 0 aliphatic carbocycles. The highest BCUT2D eigenvalue weighted by Crippen LogP contribution is 2.39. The van der Waals surface area contributed by atoms with Gasteiger partial charge in [0, 0.05) is 31.6 Å². The van der Waals surface area contributed by atoms with Crippen molar-refractivity contribution < 1.29 is 27.6 Å². The normalized spacial score (nSPS) is 18.8. The number of carbonyl (C=O) groups is 1. The summed E-state index contributed by atoms with van der Waals surface area (Å²) in [7, 11) is 0. The number of aliphatic carboxylic acids is 1. The lowest BCUT2D eigenvalue weighted by atomic mass is 9.74. The number of alkyl halides is 3. The fourth-order valence-electron chi connectivity index (χ4n) is 2.72. The lowest BCUT2D eigenvalue weighted by Gasteiger charge is -2.56. The maximum Gasteiger partial charge on any atom is 0.490 e. The third kappa shape index (κ3) is 2.96. The summed E-state index contributed by atoms with van der Waals surface area (Å²) in [4.78, 5) is 11.2. The smallest absolute Gasteiger partial charge is 0.475 e. The molecule has 0 amide bonds. The first-order valence-corrected chi connectivity index (χ1v) is 6.91. The summed E-state index contributed by atoms with van der Waals surface area (Å²) in [5, 5.41) is 15.8. The van der Waals surface area contributed by atoms with Crippen molar-refractivity contribution in [2.45, 2.75) is 6.18 Å². The zero-order valence-electron chi connectivity index (χ0n) is 11.9. The second kappa shape index (κ2) is 5.41. The SMILES string of the molecule is O=C(O)C(F)(F)F.c1ccc2c(N3CC4(CNC4)C3)noc2c1. The van der Waals surface area contributed by atoms with E-state index in [4.69, 9.17) is 14.4 Å². The summed E-state index contributed by atoms with van der Waals surface area (Å²) in [5.41, 5.74) is 1.41. The number of hydrogen-bond donors (Lipinski definition) is 2. The number of nitrogens with one attached hydrogen (secondary N) is 1. The summed E-state index contributed by atoms with van der Waals surface area (Å²) in [6.45, 7) is 4.52. The van der Waals surface area contributed by atoms with Crippen LogP contribution in [0.1, 0.15) is 0 Å². The molecule has 1 spiro atoms. The van der Waals surface area contributed by atoms with Gasteiger partial charge in [-0.1, -0.05) is 17.3 Å². The third-order valence-electron chi connectivity index (χ3n) is 3.95. The van der Waals surface area contributed by atoms with Crippen molar-refractivity contribution in [2.75, 3.05) is 31.1 Å². The van der Waals surface area contributed by atoms with E-state index in [1.165, 1.54) is 0 Å². The molecule has 0 atom stereocenters. The van der Waals surface area contributed by atoms with E-state index in [0.29, 0.717) is 5.41 Å². The highest BCUT2D eigenvalue weighted by Gasteiger charge is 2.48. The average molecular weight is 329 g/mol. The predicted molar refractivity (Wildman–Crippen MR) is 75.2 cm³/mol. The molecule has 2 saturated heterocycles. The quantitative estimate of drug-likeness (QED) is 0.832. The van der Waals surface area contributed by atoms with Crippen LogP contribution in [0.2, 0.25) is 0 Å². The van der Waals surface area contributed by atoms with Crippen LogP contribution >= 0.6 is 0 Å². The van der Waals surface area contributed by atoms with Crippen LogP contribution in [0, 0.1) is 5.41 Å². The van der Waals surface area contributed by atoms with Gasteiger partial charge in [-0.25, -0.2) is 4.79 Å². The fourth-order valence-corrected chi connectivity index (χ4v) is 2.72. The molecule has 0 unspecified atom stereocenters. The van der Waals surface area contributed by atoms with Crippen molar-refractivity contribution in [3.8, 4) is 0 Å². The van der Waals surface area contributed by atoms with E-state index in [1.807, 2.05) is 18.2 Å². The molecule has 0 bridgehead atoms. The summed E-state index contributed by atoms with van der Waals surface area (Å²) in [5.74, 6) is -1.75. The number of carboxylic acids is 1. The first-order chi connectivity index (χ1) is 10.8. The minimum absolute atomic E-state index is 0.528. The van der Waals surface area contributed by atoms with Gasteiger partial charge in [-0.05, 0) is 12.1 Å². The van der Waals surface area contributed by atoms with Gasteiger partial charge >= 0.3 is 12.1 Å². The standard InChI is InChI=1S/C12H13N3O.C2HF3O2/c1-2-4-10-9(3-1)11(14-16-10)15-7-12(8-15)5-13-6-12;3-2(4,5)1(6)7/h1-4,13H,5-8H2;(H,6,7). The summed E-state index contributed by atoms with van der Waals surface area (Å²) in [6, 6.07) is 8.05. The highest BCUT2D eigenvalue weighted by molar-refractivity contribution is 5.88. The molecule has 23 heavy (non-hydrogen) atoms. The number of benzene rings is 1. The lowest BCUT2D eigenvalue weighted by molar-refractivity contribution is -0.192. The summed E-state index contributed by atoms with van der Waals surface area (Å²) in [6.07, 6.45) is -5.08. The van der Waals surface area contributed by atoms with Gasteiger partial charge in [0.2, 0.25) is 0 Å². The van der Waals surface area contributed by atoms with Crippen LogP contribution in [0.4, 0.5) is 19.0 Å². The number of anilines is 1. The van der Waals surface area contributed by atoms with Crippen molar-refractivity contribution in [1.82, 2.24) is 10.5 Å². The van der Waals surface area contributed by atoms with E-state index in [2.05, 4.69) is 21.4 Å². The second-order valence-corrected chi connectivity index (χ2v) is 5.76. The molecular weight excluding hydrogens is 315 g/mol. The average Bonchev–Trinajstić information content (AvgIpc) is 2.79. The molecule has 1 aromatic heterocycles. The first kappa shape index (κ1) is 15.6. The molecule has 2 aliphatic heterocycles. The van der Waals surface area contributed by atoms with Crippen molar-refractivity contribution in [1.29, 1.82) is 0 Å². The predicted octanol–water partition coefficient (Wildman–Crippen LogP) is 1.87. The Morgan fingerprint density at radius 2 is 1.91 bits per heavy atom. The molecule has 6 nitrogen and oxygen atoms in total. The van der Waals surface area contributed by atoms with Gasteiger partial charge in [0.05, 0.1) is 5.39 Å². The number of aromatic nitrogens is 1. The van der Waals surface area contributed by atoms with E-state index in [9.17, 15) is 13.2 Å². The Morgan fingerprint density at radius 1 is 1.30 bits per heavy atom. The molecule has 4 rings (SSSR count). The van der Waals surface area contributed by atoms with Gasteiger partial charge in [-0.15, -0.1) is 0 Å². The van der Waals surface area contributed by atoms with Crippen LogP contribution in [0.15, 0.2) is 28.8 Å². The van der Waals surface area contributed by atoms with Crippen LogP contribution in [0.3, 0.4) is 0 Å². The Kier molecular flexibility index (Phi) is 3.67. The fraction of sp³-hybridized carbons (Fsp3) is 0.429. The van der Waals surface area contributed by atoms with Gasteiger partial charge < -0.3 is 19.8 Å². The molecule has 2 fully saturated rings. The number of para-hydroxylation sites is 1. The van der Waals surface area contributed by atoms with E-state index in [0.717, 1.165) is 43.0 Å². The van der Waals surface area contributed by atoms with Gasteiger partial charge in [0.1, 0.15) is 0 Å². The molecule has 1 aromatic carbocycles. The van der Waals surface area contributed by atoms with E-state index >= 15 is 0 Å². The Bertz CT molecular complexity index is 717. The second-order valence-electron chi connectivity index (χ2n) is 5.76. The molecule has 3 heterocycles. The molecule has 0 radical (unpaired) electrons. The number of fused-ring (bicyclic) bond motifs is 1. The van der Waals surface area contributed by atoms with Crippen molar-refractivity contribution in [3.63, 3.8) is 0 Å². The molecule has 2 N–H and O–H groups in total. The van der Waals surface area contributed by atoms with E-state index < -0.39 is 12.1 Å². The third-order valence-corrected chi connectivity index (χ3v) is 3.95. The summed E-state index contributed by atoms with van der Waals surface area (Å²) >= 11 is 0. The van der Waals surface area contributed by atoms with E-state index in [-0.39, 0.29) is 0 Å². The van der Waals surface area contributed by atoms with Gasteiger partial charge in [0.15, 0.2) is 11.4 Å². The van der Waals surface area contributed by atoms with Gasteiger partial charge in [0.25, 0.3) is 0 Å². The largest absolute Gasteiger partial charge is 0.490 e. The molecule has 124 valence electrons. The number of hydrogen-bond acceptors (Lipinski definition) is 5.